The Bertz CT molecular complexity index is 500. The third-order valence-electron chi connectivity index (χ3n) is 2.67. The zero-order valence-corrected chi connectivity index (χ0v) is 10.7. The highest BCUT2D eigenvalue weighted by atomic mass is 16.4. The molecule has 0 spiro atoms. The number of nitriles is 1. The van der Waals surface area contributed by atoms with Gasteiger partial charge in [-0.25, -0.2) is 4.79 Å². The van der Waals surface area contributed by atoms with Crippen LogP contribution in [0.2, 0.25) is 0 Å². The van der Waals surface area contributed by atoms with Crippen LogP contribution in [-0.2, 0) is 4.79 Å². The first-order valence-electron chi connectivity index (χ1n) is 5.93. The molecule has 0 aliphatic rings. The van der Waals surface area contributed by atoms with Gasteiger partial charge in [0.25, 0.3) is 0 Å². The van der Waals surface area contributed by atoms with Crippen molar-refractivity contribution in [2.75, 3.05) is 24.6 Å². The van der Waals surface area contributed by atoms with Crippen LogP contribution in [0, 0.1) is 11.3 Å². The normalized spacial score (nSPS) is 10.9. The summed E-state index contributed by atoms with van der Waals surface area (Å²) in [6, 6.07) is 8.80. The van der Waals surface area contributed by atoms with Crippen LogP contribution in [0.4, 0.5) is 5.69 Å². The topological polar surface area (TPSA) is 84.6 Å². The first kappa shape index (κ1) is 14.7. The van der Waals surface area contributed by atoms with Gasteiger partial charge in [0.15, 0.2) is 0 Å². The summed E-state index contributed by atoms with van der Waals surface area (Å²) in [5.41, 5.74) is 1.31. The van der Waals surface area contributed by atoms with Crippen molar-refractivity contribution >= 4 is 17.7 Å². The number of nitrogens with zero attached hydrogens (tertiary/aromatic N) is 2. The van der Waals surface area contributed by atoms with Gasteiger partial charge in [-0.15, -0.1) is 0 Å². The molecule has 0 aromatic heterocycles. The van der Waals surface area contributed by atoms with E-state index < -0.39 is 5.97 Å². The minimum absolute atomic E-state index is 0.0765. The summed E-state index contributed by atoms with van der Waals surface area (Å²) in [6.07, 6.45) is 1.33. The fourth-order valence-corrected chi connectivity index (χ4v) is 1.68. The Hall–Kier alpha value is -2.32. The zero-order chi connectivity index (χ0) is 14.3. The summed E-state index contributed by atoms with van der Waals surface area (Å²) in [5, 5.41) is 26.4. The Kier molecular flexibility index (Phi) is 5.58. The molecule has 0 bridgehead atoms. The SMILES string of the molecule is CCN(CCO)c1ccc(/C=C(\C#N)C(=O)O)cc1. The van der Waals surface area contributed by atoms with Crippen LogP contribution in [0.1, 0.15) is 12.5 Å². The van der Waals surface area contributed by atoms with Crippen molar-refractivity contribution in [3.63, 3.8) is 0 Å². The lowest BCUT2D eigenvalue weighted by Gasteiger charge is -2.21. The van der Waals surface area contributed by atoms with Crippen LogP contribution in [0.25, 0.3) is 6.08 Å². The minimum Gasteiger partial charge on any atom is -0.477 e. The maximum atomic E-state index is 10.7. The van der Waals surface area contributed by atoms with E-state index in [4.69, 9.17) is 15.5 Å². The molecule has 5 heteroatoms. The lowest BCUT2D eigenvalue weighted by molar-refractivity contribution is -0.132. The molecule has 1 rings (SSSR count). The molecule has 0 unspecified atom stereocenters. The van der Waals surface area contributed by atoms with Gasteiger partial charge in [0.05, 0.1) is 6.61 Å². The molecule has 0 saturated heterocycles. The lowest BCUT2D eigenvalue weighted by Crippen LogP contribution is -2.25. The summed E-state index contributed by atoms with van der Waals surface area (Å²) in [6.45, 7) is 3.38. The van der Waals surface area contributed by atoms with Gasteiger partial charge in [0.2, 0.25) is 0 Å². The van der Waals surface area contributed by atoms with Crippen molar-refractivity contribution in [3.8, 4) is 6.07 Å². The van der Waals surface area contributed by atoms with Crippen molar-refractivity contribution in [1.82, 2.24) is 0 Å². The van der Waals surface area contributed by atoms with Crippen molar-refractivity contribution in [2.45, 2.75) is 6.92 Å². The first-order valence-corrected chi connectivity index (χ1v) is 5.93. The van der Waals surface area contributed by atoms with Gasteiger partial charge in [0, 0.05) is 18.8 Å². The third-order valence-corrected chi connectivity index (χ3v) is 2.67. The van der Waals surface area contributed by atoms with Crippen LogP contribution in [0.5, 0.6) is 0 Å². The number of carboxylic acid groups (broad SMARTS) is 1. The highest BCUT2D eigenvalue weighted by Gasteiger charge is 2.06. The van der Waals surface area contributed by atoms with E-state index in [1.165, 1.54) is 6.08 Å². The first-order chi connectivity index (χ1) is 9.12. The smallest absolute Gasteiger partial charge is 0.346 e. The number of hydrogen-bond acceptors (Lipinski definition) is 4. The fraction of sp³-hybridized carbons (Fsp3) is 0.286. The summed E-state index contributed by atoms with van der Waals surface area (Å²) >= 11 is 0. The second-order valence-corrected chi connectivity index (χ2v) is 3.87. The molecular weight excluding hydrogens is 244 g/mol. The van der Waals surface area contributed by atoms with E-state index >= 15 is 0 Å². The molecule has 5 nitrogen and oxygen atoms in total. The quantitative estimate of drug-likeness (QED) is 0.598. The zero-order valence-electron chi connectivity index (χ0n) is 10.7. The average molecular weight is 260 g/mol. The lowest BCUT2D eigenvalue weighted by atomic mass is 10.1. The van der Waals surface area contributed by atoms with E-state index in [2.05, 4.69) is 0 Å². The van der Waals surface area contributed by atoms with Crippen LogP contribution in [-0.4, -0.2) is 35.9 Å². The molecule has 0 aliphatic heterocycles. The molecule has 0 saturated carbocycles. The fourth-order valence-electron chi connectivity index (χ4n) is 1.68. The number of likely N-dealkylation sites (N-methyl/N-ethyl adjacent to an activating group) is 1. The Morgan fingerprint density at radius 2 is 2.05 bits per heavy atom. The molecule has 100 valence electrons. The number of rotatable bonds is 6. The Balaban J connectivity index is 2.93. The Morgan fingerprint density at radius 3 is 2.47 bits per heavy atom. The number of carboxylic acids is 1. The number of anilines is 1. The summed E-state index contributed by atoms with van der Waals surface area (Å²) in [5.74, 6) is -1.23. The van der Waals surface area contributed by atoms with Gasteiger partial charge in [-0.1, -0.05) is 12.1 Å². The molecule has 1 aromatic rings. The van der Waals surface area contributed by atoms with Gasteiger partial charge in [0.1, 0.15) is 11.6 Å². The van der Waals surface area contributed by atoms with Gasteiger partial charge in [-0.2, -0.15) is 5.26 Å². The van der Waals surface area contributed by atoms with Crippen molar-refractivity contribution in [1.29, 1.82) is 5.26 Å². The number of hydrogen-bond donors (Lipinski definition) is 2. The number of aliphatic carboxylic acids is 1. The van der Waals surface area contributed by atoms with E-state index in [1.807, 2.05) is 24.0 Å². The molecule has 0 aliphatic carbocycles. The second kappa shape index (κ2) is 7.19. The maximum Gasteiger partial charge on any atom is 0.346 e. The Labute approximate surface area is 112 Å². The van der Waals surface area contributed by atoms with E-state index in [1.54, 1.807) is 18.2 Å². The molecule has 0 fully saturated rings. The molecule has 2 N–H and O–H groups in total. The predicted molar refractivity (Wildman–Crippen MR) is 72.6 cm³/mol. The van der Waals surface area contributed by atoms with Crippen molar-refractivity contribution in [3.05, 3.63) is 35.4 Å². The van der Waals surface area contributed by atoms with Crippen LogP contribution in [0.3, 0.4) is 0 Å². The highest BCUT2D eigenvalue weighted by Crippen LogP contribution is 2.16. The van der Waals surface area contributed by atoms with E-state index in [-0.39, 0.29) is 12.2 Å². The minimum atomic E-state index is -1.23. The molecule has 1 aromatic carbocycles. The standard InChI is InChI=1S/C14H16N2O3/c1-2-16(7-8-17)13-5-3-11(4-6-13)9-12(10-15)14(18)19/h3-6,9,17H,2,7-8H2,1H3,(H,18,19)/b12-9+. The summed E-state index contributed by atoms with van der Waals surface area (Å²) < 4.78 is 0. The maximum absolute atomic E-state index is 10.7. The van der Waals surface area contributed by atoms with Gasteiger partial charge < -0.3 is 15.1 Å². The average Bonchev–Trinajstić information content (AvgIpc) is 2.42. The van der Waals surface area contributed by atoms with Gasteiger partial charge in [-0.3, -0.25) is 0 Å². The van der Waals surface area contributed by atoms with Gasteiger partial charge >= 0.3 is 5.97 Å². The predicted octanol–water partition coefficient (Wildman–Crippen LogP) is 1.50. The summed E-state index contributed by atoms with van der Waals surface area (Å²) in [7, 11) is 0. The van der Waals surface area contributed by atoms with Crippen molar-refractivity contribution < 1.29 is 15.0 Å². The van der Waals surface area contributed by atoms with Crippen LogP contribution < -0.4 is 4.90 Å². The largest absolute Gasteiger partial charge is 0.477 e. The van der Waals surface area contributed by atoms with Crippen LogP contribution in [0.15, 0.2) is 29.8 Å². The summed E-state index contributed by atoms with van der Waals surface area (Å²) in [4.78, 5) is 12.7. The molecule has 0 heterocycles. The van der Waals surface area contributed by atoms with Crippen LogP contribution >= 0.6 is 0 Å². The monoisotopic (exact) mass is 260 g/mol. The molecular formula is C14H16N2O3. The van der Waals surface area contributed by atoms with Gasteiger partial charge in [-0.05, 0) is 30.7 Å². The molecule has 0 atom stereocenters. The number of aliphatic hydroxyl groups is 1. The highest BCUT2D eigenvalue weighted by molar-refractivity contribution is 5.96. The molecule has 19 heavy (non-hydrogen) atoms. The molecule has 0 amide bonds. The number of benzene rings is 1. The van der Waals surface area contributed by atoms with E-state index in [0.29, 0.717) is 12.1 Å². The molecule has 0 radical (unpaired) electrons. The van der Waals surface area contributed by atoms with E-state index in [9.17, 15) is 4.79 Å². The van der Waals surface area contributed by atoms with E-state index in [0.717, 1.165) is 12.2 Å². The van der Waals surface area contributed by atoms with Crippen molar-refractivity contribution in [2.24, 2.45) is 0 Å². The number of aliphatic hydroxyl groups excluding tert-OH is 1. The number of carbonyl (C=O) groups is 1. The third kappa shape index (κ3) is 4.12. The Morgan fingerprint density at radius 1 is 1.42 bits per heavy atom. The second-order valence-electron chi connectivity index (χ2n) is 3.87.